The van der Waals surface area contributed by atoms with Crippen LogP contribution in [0.1, 0.15) is 39.5 Å². The third kappa shape index (κ3) is 3.25. The summed E-state index contributed by atoms with van der Waals surface area (Å²) in [7, 11) is 2.12. The summed E-state index contributed by atoms with van der Waals surface area (Å²) >= 11 is 0. The highest BCUT2D eigenvalue weighted by Gasteiger charge is 2.24. The average molecular weight is 198 g/mol. The third-order valence-corrected chi connectivity index (χ3v) is 3.69. The Labute approximate surface area is 89.1 Å². The zero-order valence-electron chi connectivity index (χ0n) is 10.1. The predicted molar refractivity (Wildman–Crippen MR) is 62.6 cm³/mol. The van der Waals surface area contributed by atoms with Crippen molar-refractivity contribution in [2.75, 3.05) is 26.7 Å². The standard InChI is InChI=1S/C12H26N2/c1-4-14(5-2)10-12(13-3)11-8-6-7-9-11/h11-13H,4-10H2,1-3H3. The van der Waals surface area contributed by atoms with E-state index in [9.17, 15) is 0 Å². The van der Waals surface area contributed by atoms with Crippen molar-refractivity contribution in [1.82, 2.24) is 10.2 Å². The van der Waals surface area contributed by atoms with Gasteiger partial charge >= 0.3 is 0 Å². The molecular weight excluding hydrogens is 172 g/mol. The highest BCUT2D eigenvalue weighted by atomic mass is 15.1. The quantitative estimate of drug-likeness (QED) is 0.703. The maximum atomic E-state index is 3.50. The Balaban J connectivity index is 2.36. The van der Waals surface area contributed by atoms with Crippen molar-refractivity contribution in [3.63, 3.8) is 0 Å². The molecule has 1 N–H and O–H groups in total. The molecule has 0 aromatic carbocycles. The number of likely N-dealkylation sites (N-methyl/N-ethyl adjacent to an activating group) is 2. The van der Waals surface area contributed by atoms with Crippen LogP contribution in [0.4, 0.5) is 0 Å². The van der Waals surface area contributed by atoms with Gasteiger partial charge in [0.15, 0.2) is 0 Å². The molecule has 1 rings (SSSR count). The first-order chi connectivity index (χ1) is 6.81. The van der Waals surface area contributed by atoms with Gasteiger partial charge in [-0.3, -0.25) is 0 Å². The summed E-state index contributed by atoms with van der Waals surface area (Å²) in [6.45, 7) is 8.10. The Kier molecular flexibility index (Phi) is 5.49. The van der Waals surface area contributed by atoms with Crippen LogP contribution in [0.2, 0.25) is 0 Å². The Bertz CT molecular complexity index is 137. The minimum atomic E-state index is 0.720. The molecule has 0 spiro atoms. The largest absolute Gasteiger partial charge is 0.315 e. The number of nitrogens with one attached hydrogen (secondary N) is 1. The van der Waals surface area contributed by atoms with Gasteiger partial charge in [0.1, 0.15) is 0 Å². The fourth-order valence-corrected chi connectivity index (χ4v) is 2.60. The van der Waals surface area contributed by atoms with Crippen LogP contribution in [-0.4, -0.2) is 37.6 Å². The molecule has 0 radical (unpaired) electrons. The molecule has 0 aromatic heterocycles. The summed E-state index contributed by atoms with van der Waals surface area (Å²) in [4.78, 5) is 2.53. The van der Waals surface area contributed by atoms with Crippen molar-refractivity contribution in [2.45, 2.75) is 45.6 Å². The maximum Gasteiger partial charge on any atom is 0.0220 e. The molecule has 0 saturated heterocycles. The van der Waals surface area contributed by atoms with E-state index in [1.165, 1.54) is 45.3 Å². The van der Waals surface area contributed by atoms with Gasteiger partial charge in [-0.05, 0) is 38.9 Å². The van der Waals surface area contributed by atoms with Crippen molar-refractivity contribution < 1.29 is 0 Å². The van der Waals surface area contributed by atoms with Gasteiger partial charge in [0.25, 0.3) is 0 Å². The van der Waals surface area contributed by atoms with E-state index in [1.54, 1.807) is 0 Å². The second-order valence-electron chi connectivity index (χ2n) is 4.43. The van der Waals surface area contributed by atoms with E-state index in [2.05, 4.69) is 31.1 Å². The Morgan fingerprint density at radius 1 is 1.21 bits per heavy atom. The topological polar surface area (TPSA) is 15.3 Å². The number of hydrogen-bond donors (Lipinski definition) is 1. The molecule has 0 heterocycles. The van der Waals surface area contributed by atoms with Gasteiger partial charge in [-0.15, -0.1) is 0 Å². The van der Waals surface area contributed by atoms with Gasteiger partial charge in [0.05, 0.1) is 0 Å². The average Bonchev–Trinajstić information content (AvgIpc) is 2.73. The fourth-order valence-electron chi connectivity index (χ4n) is 2.60. The van der Waals surface area contributed by atoms with Crippen LogP contribution < -0.4 is 5.32 Å². The lowest BCUT2D eigenvalue weighted by atomic mass is 9.98. The van der Waals surface area contributed by atoms with Gasteiger partial charge in [0.2, 0.25) is 0 Å². The molecule has 1 saturated carbocycles. The monoisotopic (exact) mass is 198 g/mol. The second-order valence-corrected chi connectivity index (χ2v) is 4.43. The van der Waals surface area contributed by atoms with Crippen LogP contribution in [0.3, 0.4) is 0 Å². The maximum absolute atomic E-state index is 3.50. The zero-order chi connectivity index (χ0) is 10.4. The van der Waals surface area contributed by atoms with Crippen molar-refractivity contribution in [3.05, 3.63) is 0 Å². The van der Waals surface area contributed by atoms with Crippen molar-refractivity contribution >= 4 is 0 Å². The lowest BCUT2D eigenvalue weighted by molar-refractivity contribution is 0.230. The van der Waals surface area contributed by atoms with Crippen molar-refractivity contribution in [2.24, 2.45) is 5.92 Å². The molecular formula is C12H26N2. The van der Waals surface area contributed by atoms with E-state index in [-0.39, 0.29) is 0 Å². The van der Waals surface area contributed by atoms with Gasteiger partial charge < -0.3 is 10.2 Å². The van der Waals surface area contributed by atoms with Crippen LogP contribution in [0, 0.1) is 5.92 Å². The van der Waals surface area contributed by atoms with Crippen LogP contribution in [0.5, 0.6) is 0 Å². The molecule has 0 aliphatic heterocycles. The first kappa shape index (κ1) is 12.0. The predicted octanol–water partition coefficient (Wildman–Crippen LogP) is 2.11. The summed E-state index contributed by atoms with van der Waals surface area (Å²) in [5, 5.41) is 3.50. The van der Waals surface area contributed by atoms with E-state index in [0.717, 1.165) is 12.0 Å². The lowest BCUT2D eigenvalue weighted by Gasteiger charge is -2.29. The summed E-state index contributed by atoms with van der Waals surface area (Å²) in [6.07, 6.45) is 5.77. The SMILES string of the molecule is CCN(CC)CC(NC)C1CCCC1. The van der Waals surface area contributed by atoms with Crippen LogP contribution >= 0.6 is 0 Å². The molecule has 84 valence electrons. The van der Waals surface area contributed by atoms with E-state index in [4.69, 9.17) is 0 Å². The molecule has 14 heavy (non-hydrogen) atoms. The molecule has 0 bridgehead atoms. The molecule has 1 aliphatic carbocycles. The first-order valence-corrected chi connectivity index (χ1v) is 6.21. The third-order valence-electron chi connectivity index (χ3n) is 3.69. The van der Waals surface area contributed by atoms with E-state index >= 15 is 0 Å². The van der Waals surface area contributed by atoms with Crippen molar-refractivity contribution in [3.8, 4) is 0 Å². The Morgan fingerprint density at radius 3 is 2.21 bits per heavy atom. The number of hydrogen-bond acceptors (Lipinski definition) is 2. The Hall–Kier alpha value is -0.0800. The highest BCUT2D eigenvalue weighted by Crippen LogP contribution is 2.27. The minimum Gasteiger partial charge on any atom is -0.315 e. The molecule has 0 aromatic rings. The molecule has 2 heteroatoms. The number of nitrogens with zero attached hydrogens (tertiary/aromatic N) is 1. The minimum absolute atomic E-state index is 0.720. The molecule has 1 aliphatic rings. The number of rotatable bonds is 6. The molecule has 2 nitrogen and oxygen atoms in total. The van der Waals surface area contributed by atoms with E-state index in [1.807, 2.05) is 0 Å². The fraction of sp³-hybridized carbons (Fsp3) is 1.00. The lowest BCUT2D eigenvalue weighted by Crippen LogP contribution is -2.43. The molecule has 1 unspecified atom stereocenters. The van der Waals surface area contributed by atoms with Crippen molar-refractivity contribution in [1.29, 1.82) is 0 Å². The zero-order valence-corrected chi connectivity index (χ0v) is 10.1. The normalized spacial score (nSPS) is 20.6. The highest BCUT2D eigenvalue weighted by molar-refractivity contribution is 4.81. The summed E-state index contributed by atoms with van der Waals surface area (Å²) < 4.78 is 0. The molecule has 1 fully saturated rings. The van der Waals surface area contributed by atoms with Gasteiger partial charge in [0, 0.05) is 12.6 Å². The summed E-state index contributed by atoms with van der Waals surface area (Å²) in [6, 6.07) is 0.720. The van der Waals surface area contributed by atoms with E-state index < -0.39 is 0 Å². The molecule has 1 atom stereocenters. The summed E-state index contributed by atoms with van der Waals surface area (Å²) in [5.41, 5.74) is 0. The van der Waals surface area contributed by atoms with Gasteiger partial charge in [-0.1, -0.05) is 26.7 Å². The molecule has 0 amide bonds. The second kappa shape index (κ2) is 6.41. The van der Waals surface area contributed by atoms with Crippen LogP contribution in [0.15, 0.2) is 0 Å². The van der Waals surface area contributed by atoms with Crippen LogP contribution in [-0.2, 0) is 0 Å². The van der Waals surface area contributed by atoms with Gasteiger partial charge in [-0.25, -0.2) is 0 Å². The van der Waals surface area contributed by atoms with Gasteiger partial charge in [-0.2, -0.15) is 0 Å². The van der Waals surface area contributed by atoms with Crippen LogP contribution in [0.25, 0.3) is 0 Å². The first-order valence-electron chi connectivity index (χ1n) is 6.21. The Morgan fingerprint density at radius 2 is 1.79 bits per heavy atom. The summed E-state index contributed by atoms with van der Waals surface area (Å²) in [5.74, 6) is 0.931. The smallest absolute Gasteiger partial charge is 0.0220 e. The van der Waals surface area contributed by atoms with E-state index in [0.29, 0.717) is 0 Å².